The van der Waals surface area contributed by atoms with Gasteiger partial charge in [0.2, 0.25) is 5.91 Å². The van der Waals surface area contributed by atoms with Gasteiger partial charge in [0.25, 0.3) is 0 Å². The van der Waals surface area contributed by atoms with Crippen LogP contribution in [0.1, 0.15) is 53.9 Å². The molecule has 0 saturated heterocycles. The second-order valence-corrected chi connectivity index (χ2v) is 6.16. The Kier molecular flexibility index (Phi) is 5.80. The van der Waals surface area contributed by atoms with E-state index < -0.39 is 17.6 Å². The maximum absolute atomic E-state index is 12.1. The van der Waals surface area contributed by atoms with Crippen molar-refractivity contribution in [2.24, 2.45) is 11.1 Å². The fourth-order valence-electron chi connectivity index (χ4n) is 1.70. The highest BCUT2D eigenvalue weighted by Crippen LogP contribution is 2.23. The summed E-state index contributed by atoms with van der Waals surface area (Å²) in [5, 5.41) is 11.7. The van der Waals surface area contributed by atoms with Crippen LogP contribution in [0.4, 0.5) is 0 Å². The van der Waals surface area contributed by atoms with Gasteiger partial charge in [0.05, 0.1) is 12.0 Å². The maximum Gasteiger partial charge on any atom is 0.305 e. The van der Waals surface area contributed by atoms with Crippen LogP contribution in [-0.4, -0.2) is 28.6 Å². The summed E-state index contributed by atoms with van der Waals surface area (Å²) in [7, 11) is 0. The first kappa shape index (κ1) is 16.9. The first-order chi connectivity index (χ1) is 8.00. The summed E-state index contributed by atoms with van der Waals surface area (Å²) in [4.78, 5) is 22.9. The van der Waals surface area contributed by atoms with Crippen molar-refractivity contribution in [2.45, 2.75) is 65.5 Å². The Morgan fingerprint density at radius 2 is 1.78 bits per heavy atom. The zero-order chi connectivity index (χ0) is 14.6. The number of rotatable bonds is 6. The normalized spacial score (nSPS) is 16.8. The monoisotopic (exact) mass is 258 g/mol. The largest absolute Gasteiger partial charge is 0.481 e. The first-order valence-electron chi connectivity index (χ1n) is 6.32. The number of carboxylic acid groups (broad SMARTS) is 1. The number of carbonyl (C=O) groups excluding carboxylic acids is 1. The summed E-state index contributed by atoms with van der Waals surface area (Å²) in [5.41, 5.74) is 4.66. The van der Waals surface area contributed by atoms with E-state index in [0.29, 0.717) is 6.42 Å². The summed E-state index contributed by atoms with van der Waals surface area (Å²) in [6.07, 6.45) is 1.28. The highest BCUT2D eigenvalue weighted by molar-refractivity contribution is 5.86. The van der Waals surface area contributed by atoms with Gasteiger partial charge in [-0.1, -0.05) is 34.1 Å². The van der Waals surface area contributed by atoms with E-state index >= 15 is 0 Å². The van der Waals surface area contributed by atoms with Crippen LogP contribution in [0.5, 0.6) is 0 Å². The van der Waals surface area contributed by atoms with Gasteiger partial charge >= 0.3 is 5.97 Å². The fraction of sp³-hybridized carbons (Fsp3) is 0.846. The summed E-state index contributed by atoms with van der Waals surface area (Å²) in [6, 6.07) is -0.428. The van der Waals surface area contributed by atoms with Crippen LogP contribution in [-0.2, 0) is 9.59 Å². The van der Waals surface area contributed by atoms with Crippen molar-refractivity contribution in [2.75, 3.05) is 0 Å². The molecule has 0 rings (SSSR count). The minimum absolute atomic E-state index is 0.0998. The van der Waals surface area contributed by atoms with E-state index in [4.69, 9.17) is 10.8 Å². The third-order valence-electron chi connectivity index (χ3n) is 3.02. The zero-order valence-corrected chi connectivity index (χ0v) is 12.0. The first-order valence-corrected chi connectivity index (χ1v) is 6.32. The zero-order valence-electron chi connectivity index (χ0n) is 12.0. The van der Waals surface area contributed by atoms with Crippen molar-refractivity contribution in [1.29, 1.82) is 0 Å². The SMILES string of the molecule is CCCC(C)(N)C(=O)NC(CC(=O)O)C(C)(C)C. The number of nitrogens with two attached hydrogens (primary N) is 1. The standard InChI is InChI=1S/C13H26N2O3/c1-6-7-13(5,14)11(18)15-9(8-10(16)17)12(2,3)4/h9H,6-8,14H2,1-5H3,(H,15,18)(H,16,17). The Hall–Kier alpha value is -1.10. The van der Waals surface area contributed by atoms with Gasteiger partial charge in [0, 0.05) is 6.04 Å². The van der Waals surface area contributed by atoms with E-state index in [1.165, 1.54) is 0 Å². The molecule has 0 aromatic carbocycles. The molecule has 5 nitrogen and oxygen atoms in total. The van der Waals surface area contributed by atoms with Crippen molar-refractivity contribution in [3.63, 3.8) is 0 Å². The minimum Gasteiger partial charge on any atom is -0.481 e. The topological polar surface area (TPSA) is 92.4 Å². The van der Waals surface area contributed by atoms with Gasteiger partial charge in [-0.25, -0.2) is 0 Å². The van der Waals surface area contributed by atoms with Gasteiger partial charge in [0.15, 0.2) is 0 Å². The lowest BCUT2D eigenvalue weighted by molar-refractivity contribution is -0.138. The molecule has 0 radical (unpaired) electrons. The molecule has 5 heteroatoms. The molecule has 106 valence electrons. The van der Waals surface area contributed by atoms with Gasteiger partial charge < -0.3 is 16.2 Å². The molecular formula is C13H26N2O3. The molecule has 2 unspecified atom stereocenters. The summed E-state index contributed by atoms with van der Waals surface area (Å²) >= 11 is 0. The lowest BCUT2D eigenvalue weighted by Gasteiger charge is -2.33. The van der Waals surface area contributed by atoms with Crippen LogP contribution >= 0.6 is 0 Å². The number of hydrogen-bond acceptors (Lipinski definition) is 3. The quantitative estimate of drug-likeness (QED) is 0.673. The number of amides is 1. The van der Waals surface area contributed by atoms with E-state index in [0.717, 1.165) is 6.42 Å². The Balaban J connectivity index is 4.79. The van der Waals surface area contributed by atoms with Crippen LogP contribution in [0.3, 0.4) is 0 Å². The predicted molar refractivity (Wildman–Crippen MR) is 71.1 cm³/mol. The van der Waals surface area contributed by atoms with Crippen molar-refractivity contribution < 1.29 is 14.7 Å². The lowest BCUT2D eigenvalue weighted by atomic mass is 9.84. The Morgan fingerprint density at radius 3 is 2.11 bits per heavy atom. The van der Waals surface area contributed by atoms with E-state index in [1.54, 1.807) is 6.92 Å². The van der Waals surface area contributed by atoms with Crippen LogP contribution in [0, 0.1) is 5.41 Å². The number of hydrogen-bond donors (Lipinski definition) is 3. The van der Waals surface area contributed by atoms with Gasteiger partial charge in [-0.15, -0.1) is 0 Å². The van der Waals surface area contributed by atoms with Crippen molar-refractivity contribution in [3.8, 4) is 0 Å². The Morgan fingerprint density at radius 1 is 1.28 bits per heavy atom. The molecule has 1 amide bonds. The molecule has 0 aliphatic heterocycles. The smallest absolute Gasteiger partial charge is 0.305 e. The lowest BCUT2D eigenvalue weighted by Crippen LogP contribution is -2.56. The molecule has 0 aliphatic rings. The van der Waals surface area contributed by atoms with E-state index in [9.17, 15) is 9.59 Å². The molecule has 0 fully saturated rings. The Labute approximate surface area is 109 Å². The third kappa shape index (κ3) is 5.49. The number of aliphatic carboxylic acids is 1. The molecule has 0 heterocycles. The molecule has 0 aliphatic carbocycles. The molecule has 0 aromatic rings. The van der Waals surface area contributed by atoms with Gasteiger partial charge in [-0.3, -0.25) is 9.59 Å². The highest BCUT2D eigenvalue weighted by Gasteiger charge is 2.34. The fourth-order valence-corrected chi connectivity index (χ4v) is 1.70. The average Bonchev–Trinajstić information content (AvgIpc) is 2.14. The van der Waals surface area contributed by atoms with Crippen LogP contribution < -0.4 is 11.1 Å². The van der Waals surface area contributed by atoms with Crippen LogP contribution in [0.15, 0.2) is 0 Å². The minimum atomic E-state index is -0.948. The molecule has 0 spiro atoms. The average molecular weight is 258 g/mol. The van der Waals surface area contributed by atoms with Crippen LogP contribution in [0.2, 0.25) is 0 Å². The van der Waals surface area contributed by atoms with E-state index in [-0.39, 0.29) is 17.7 Å². The summed E-state index contributed by atoms with van der Waals surface area (Å²) in [6.45, 7) is 9.32. The molecule has 0 bridgehead atoms. The molecule has 18 heavy (non-hydrogen) atoms. The highest BCUT2D eigenvalue weighted by atomic mass is 16.4. The summed E-state index contributed by atoms with van der Waals surface area (Å²) in [5.74, 6) is -1.21. The third-order valence-corrected chi connectivity index (χ3v) is 3.02. The van der Waals surface area contributed by atoms with E-state index in [2.05, 4.69) is 5.32 Å². The van der Waals surface area contributed by atoms with Crippen molar-refractivity contribution >= 4 is 11.9 Å². The Bertz CT molecular complexity index is 306. The maximum atomic E-state index is 12.1. The van der Waals surface area contributed by atoms with Gasteiger partial charge in [-0.2, -0.15) is 0 Å². The summed E-state index contributed by atoms with van der Waals surface area (Å²) < 4.78 is 0. The second-order valence-electron chi connectivity index (χ2n) is 6.16. The van der Waals surface area contributed by atoms with E-state index in [1.807, 2.05) is 27.7 Å². The number of carboxylic acids is 1. The van der Waals surface area contributed by atoms with Gasteiger partial charge in [0.1, 0.15) is 0 Å². The molecule has 0 saturated carbocycles. The number of nitrogens with one attached hydrogen (secondary N) is 1. The van der Waals surface area contributed by atoms with Crippen molar-refractivity contribution in [3.05, 3.63) is 0 Å². The predicted octanol–water partition coefficient (Wildman–Crippen LogP) is 1.51. The molecule has 4 N–H and O–H groups in total. The molecular weight excluding hydrogens is 232 g/mol. The number of carbonyl (C=O) groups is 2. The van der Waals surface area contributed by atoms with Gasteiger partial charge in [-0.05, 0) is 18.8 Å². The van der Waals surface area contributed by atoms with Crippen molar-refractivity contribution in [1.82, 2.24) is 5.32 Å². The molecule has 2 atom stereocenters. The molecule has 0 aromatic heterocycles. The van der Waals surface area contributed by atoms with Crippen LogP contribution in [0.25, 0.3) is 0 Å². The second kappa shape index (κ2) is 6.18.